The Morgan fingerprint density at radius 3 is 2.54 bits per heavy atom. The van der Waals surface area contributed by atoms with E-state index in [4.69, 9.17) is 9.47 Å². The van der Waals surface area contributed by atoms with Crippen molar-refractivity contribution in [2.75, 3.05) is 18.5 Å². The second-order valence-electron chi connectivity index (χ2n) is 8.54. The molecule has 11 heteroatoms. The average molecular weight is 621 g/mol. The van der Waals surface area contributed by atoms with Crippen molar-refractivity contribution >= 4 is 58.1 Å². The molecule has 0 spiro atoms. The lowest BCUT2D eigenvalue weighted by atomic mass is 10.0. The lowest BCUT2D eigenvalue weighted by molar-refractivity contribution is -0.131. The molecule has 2 aromatic carbocycles. The topological polar surface area (TPSA) is 114 Å². The third-order valence-corrected chi connectivity index (χ3v) is 6.74. The molecule has 2 aliphatic rings. The van der Waals surface area contributed by atoms with Crippen molar-refractivity contribution in [2.24, 2.45) is 0 Å². The Hall–Kier alpha value is -3.48. The highest BCUT2D eigenvalue weighted by Gasteiger charge is 2.40. The van der Waals surface area contributed by atoms with Crippen LogP contribution in [0.15, 0.2) is 42.0 Å². The largest absolute Gasteiger partial charge is 0.490 e. The van der Waals surface area contributed by atoms with Crippen molar-refractivity contribution in [3.05, 3.63) is 56.9 Å². The molecule has 1 aliphatic heterocycles. The second kappa shape index (κ2) is 11.7. The molecule has 4 rings (SSSR count). The Balaban J connectivity index is 1.54. The minimum absolute atomic E-state index is 0.142. The first-order chi connectivity index (χ1) is 17.8. The lowest BCUT2D eigenvalue weighted by Crippen LogP contribution is -2.57. The molecule has 1 saturated carbocycles. The van der Waals surface area contributed by atoms with Gasteiger partial charge in [-0.15, -0.1) is 0 Å². The van der Waals surface area contributed by atoms with E-state index >= 15 is 0 Å². The fourth-order valence-electron chi connectivity index (χ4n) is 4.27. The van der Waals surface area contributed by atoms with Gasteiger partial charge in [0, 0.05) is 11.7 Å². The molecule has 0 unspecified atom stereocenters. The Morgan fingerprint density at radius 1 is 1.16 bits per heavy atom. The third-order valence-electron chi connectivity index (χ3n) is 5.94. The van der Waals surface area contributed by atoms with Crippen molar-refractivity contribution in [1.29, 1.82) is 0 Å². The molecule has 0 radical (unpaired) electrons. The van der Waals surface area contributed by atoms with Gasteiger partial charge in [-0.2, -0.15) is 0 Å². The number of benzene rings is 2. The third kappa shape index (κ3) is 6.27. The van der Waals surface area contributed by atoms with E-state index in [0.29, 0.717) is 45.8 Å². The molecule has 1 saturated heterocycles. The molecule has 194 valence electrons. The van der Waals surface area contributed by atoms with E-state index in [0.717, 1.165) is 17.7 Å². The molecule has 1 heterocycles. The number of halogens is 2. The fourth-order valence-corrected chi connectivity index (χ4v) is 5.06. The van der Waals surface area contributed by atoms with Crippen LogP contribution in [-0.2, 0) is 14.4 Å². The minimum Gasteiger partial charge on any atom is -0.490 e. The number of nitrogens with zero attached hydrogens (tertiary/aromatic N) is 1. The second-order valence-corrected chi connectivity index (χ2v) is 9.70. The highest BCUT2D eigenvalue weighted by molar-refractivity contribution is 14.1. The molecule has 1 aliphatic carbocycles. The van der Waals surface area contributed by atoms with Gasteiger partial charge in [0.15, 0.2) is 18.1 Å². The number of amides is 5. The summed E-state index contributed by atoms with van der Waals surface area (Å²) in [4.78, 5) is 51.4. The van der Waals surface area contributed by atoms with Gasteiger partial charge in [-0.05, 0) is 90.4 Å². The van der Waals surface area contributed by atoms with E-state index in [-0.39, 0.29) is 18.2 Å². The van der Waals surface area contributed by atoms with Gasteiger partial charge < -0.3 is 14.8 Å². The highest BCUT2D eigenvalue weighted by Crippen LogP contribution is 2.35. The van der Waals surface area contributed by atoms with Crippen LogP contribution >= 0.6 is 22.6 Å². The summed E-state index contributed by atoms with van der Waals surface area (Å²) in [5.41, 5.74) is 0.782. The van der Waals surface area contributed by atoms with Crippen LogP contribution in [0.4, 0.5) is 14.9 Å². The summed E-state index contributed by atoms with van der Waals surface area (Å²) in [5, 5.41) is 4.88. The maximum absolute atomic E-state index is 13.1. The van der Waals surface area contributed by atoms with Crippen LogP contribution in [-0.4, -0.2) is 47.9 Å². The smallest absolute Gasteiger partial charge is 0.331 e. The lowest BCUT2D eigenvalue weighted by Gasteiger charge is -2.31. The number of rotatable bonds is 8. The van der Waals surface area contributed by atoms with Crippen molar-refractivity contribution < 1.29 is 33.0 Å². The van der Waals surface area contributed by atoms with Crippen LogP contribution < -0.4 is 20.1 Å². The number of barbiturate groups is 1. The summed E-state index contributed by atoms with van der Waals surface area (Å²) in [5.74, 6) is -1.59. The number of hydrogen-bond acceptors (Lipinski definition) is 6. The SMILES string of the molecule is CCOc1cc(/C=C2\C(=O)NC(=O)N(C3CCCC3)C2=O)cc(I)c1OCC(=O)Nc1ccc(F)cc1. The van der Waals surface area contributed by atoms with Crippen LogP contribution in [0.2, 0.25) is 0 Å². The number of hydrogen-bond donors (Lipinski definition) is 2. The molecule has 2 aromatic rings. The fraction of sp³-hybridized carbons (Fsp3) is 0.308. The first-order valence-electron chi connectivity index (χ1n) is 11.8. The normalized spacial score (nSPS) is 17.2. The van der Waals surface area contributed by atoms with Crippen LogP contribution in [0.1, 0.15) is 38.2 Å². The summed E-state index contributed by atoms with van der Waals surface area (Å²) in [7, 11) is 0. The van der Waals surface area contributed by atoms with E-state index in [2.05, 4.69) is 10.6 Å². The van der Waals surface area contributed by atoms with Crippen molar-refractivity contribution in [2.45, 2.75) is 38.6 Å². The molecular formula is C26H25FIN3O6. The predicted octanol–water partition coefficient (Wildman–Crippen LogP) is 4.25. The molecule has 2 N–H and O–H groups in total. The summed E-state index contributed by atoms with van der Waals surface area (Å²) in [6.45, 7) is 1.76. The van der Waals surface area contributed by atoms with Gasteiger partial charge in [0.05, 0.1) is 10.2 Å². The summed E-state index contributed by atoms with van der Waals surface area (Å²) >= 11 is 2.01. The van der Waals surface area contributed by atoms with Crippen LogP contribution in [0.25, 0.3) is 6.08 Å². The Labute approximate surface area is 226 Å². The average Bonchev–Trinajstić information content (AvgIpc) is 3.37. The molecule has 0 bridgehead atoms. The van der Waals surface area contributed by atoms with Crippen LogP contribution in [0.5, 0.6) is 11.5 Å². The molecular weight excluding hydrogens is 596 g/mol. The zero-order chi connectivity index (χ0) is 26.5. The number of ether oxygens (including phenoxy) is 2. The summed E-state index contributed by atoms with van der Waals surface area (Å²) < 4.78 is 25.1. The molecule has 0 aromatic heterocycles. The maximum atomic E-state index is 13.1. The Kier molecular flexibility index (Phi) is 8.41. The number of carbonyl (C=O) groups is 4. The number of anilines is 1. The van der Waals surface area contributed by atoms with Gasteiger partial charge >= 0.3 is 6.03 Å². The monoisotopic (exact) mass is 621 g/mol. The number of nitrogens with one attached hydrogen (secondary N) is 2. The van der Waals surface area contributed by atoms with Gasteiger partial charge in [-0.3, -0.25) is 24.6 Å². The van der Waals surface area contributed by atoms with Crippen LogP contribution in [0.3, 0.4) is 0 Å². The minimum atomic E-state index is -0.755. The van der Waals surface area contributed by atoms with Gasteiger partial charge in [0.1, 0.15) is 11.4 Å². The van der Waals surface area contributed by atoms with Crippen molar-refractivity contribution in [3.8, 4) is 11.5 Å². The quantitative estimate of drug-likeness (QED) is 0.259. The predicted molar refractivity (Wildman–Crippen MR) is 141 cm³/mol. The maximum Gasteiger partial charge on any atom is 0.331 e. The summed E-state index contributed by atoms with van der Waals surface area (Å²) in [6, 6.07) is 7.72. The molecule has 5 amide bonds. The van der Waals surface area contributed by atoms with Gasteiger partial charge in [0.2, 0.25) is 0 Å². The summed E-state index contributed by atoms with van der Waals surface area (Å²) in [6.07, 6.45) is 4.70. The zero-order valence-electron chi connectivity index (χ0n) is 20.0. The van der Waals surface area contributed by atoms with Crippen molar-refractivity contribution in [1.82, 2.24) is 10.2 Å². The van der Waals surface area contributed by atoms with E-state index in [9.17, 15) is 23.6 Å². The Morgan fingerprint density at radius 2 is 1.86 bits per heavy atom. The highest BCUT2D eigenvalue weighted by atomic mass is 127. The van der Waals surface area contributed by atoms with Crippen LogP contribution in [0, 0.1) is 9.39 Å². The molecule has 9 nitrogen and oxygen atoms in total. The first-order valence-corrected chi connectivity index (χ1v) is 12.9. The molecule has 37 heavy (non-hydrogen) atoms. The van der Waals surface area contributed by atoms with Crippen molar-refractivity contribution in [3.63, 3.8) is 0 Å². The first kappa shape index (κ1) is 26.6. The number of urea groups is 1. The van der Waals surface area contributed by atoms with E-state index in [1.807, 2.05) is 22.6 Å². The van der Waals surface area contributed by atoms with Gasteiger partial charge in [-0.25, -0.2) is 9.18 Å². The van der Waals surface area contributed by atoms with E-state index in [1.54, 1.807) is 19.1 Å². The Bertz CT molecular complexity index is 1260. The number of imide groups is 2. The standard InChI is InChI=1S/C26H25FIN3O6/c1-2-36-21-13-15(11-19-24(33)30-26(35)31(25(19)34)18-5-3-4-6-18)12-20(28)23(21)37-14-22(32)29-17-9-7-16(27)8-10-17/h7-13,18H,2-6,14H2,1H3,(H,29,32)(H,30,33,35)/b19-11+. The van der Waals surface area contributed by atoms with E-state index < -0.39 is 29.6 Å². The molecule has 2 fully saturated rings. The van der Waals surface area contributed by atoms with Gasteiger partial charge in [0.25, 0.3) is 17.7 Å². The van der Waals surface area contributed by atoms with E-state index in [1.165, 1.54) is 30.3 Å². The van der Waals surface area contributed by atoms with Gasteiger partial charge in [-0.1, -0.05) is 12.8 Å². The zero-order valence-corrected chi connectivity index (χ0v) is 22.2. The number of carbonyl (C=O) groups excluding carboxylic acids is 4. The molecule has 0 atom stereocenters.